The van der Waals surface area contributed by atoms with E-state index < -0.39 is 0 Å². The Bertz CT molecular complexity index is 1740. The van der Waals surface area contributed by atoms with E-state index in [4.69, 9.17) is 0 Å². The average molecular weight is 514 g/mol. The summed E-state index contributed by atoms with van der Waals surface area (Å²) >= 11 is 0. The van der Waals surface area contributed by atoms with E-state index in [2.05, 4.69) is 170 Å². The second-order valence-electron chi connectivity index (χ2n) is 11.0. The molecule has 0 amide bonds. The van der Waals surface area contributed by atoms with Crippen LogP contribution in [0.3, 0.4) is 0 Å². The van der Waals surface area contributed by atoms with Crippen LogP contribution >= 0.6 is 0 Å². The first-order valence-corrected chi connectivity index (χ1v) is 14.0. The van der Waals surface area contributed by atoms with Crippen LogP contribution in [0.1, 0.15) is 25.0 Å². The van der Waals surface area contributed by atoms with Gasteiger partial charge in [-0.25, -0.2) is 0 Å². The van der Waals surface area contributed by atoms with Crippen LogP contribution in [0.2, 0.25) is 0 Å². The standard InChI is InChI=1S/C39H31N/c1-39(2)36-20-12-19-34(30-23-21-29(22-24-30)28-13-6-3-7-14-28)38(36)35-26-25-33(27-37(35)39)40(31-15-8-4-9-16-31)32-17-10-5-11-18-32/h3-27H,1-2H3. The SMILES string of the molecule is CC1(C)c2cc(N(c3ccccc3)c3ccccc3)ccc2-c2c(-c3ccc(-c4ccccc4)cc3)cccc21. The highest BCUT2D eigenvalue weighted by Gasteiger charge is 2.37. The summed E-state index contributed by atoms with van der Waals surface area (Å²) in [7, 11) is 0. The van der Waals surface area contributed by atoms with Crippen LogP contribution in [0.15, 0.2) is 152 Å². The number of fused-ring (bicyclic) bond motifs is 3. The number of benzene rings is 6. The summed E-state index contributed by atoms with van der Waals surface area (Å²) in [5.74, 6) is 0. The molecule has 0 saturated carbocycles. The topological polar surface area (TPSA) is 3.24 Å². The molecule has 192 valence electrons. The van der Waals surface area contributed by atoms with Crippen molar-refractivity contribution in [3.8, 4) is 33.4 Å². The van der Waals surface area contributed by atoms with E-state index in [0.29, 0.717) is 0 Å². The number of hydrogen-bond acceptors (Lipinski definition) is 1. The Morgan fingerprint density at radius 1 is 0.400 bits per heavy atom. The molecule has 0 fully saturated rings. The van der Waals surface area contributed by atoms with Gasteiger partial charge >= 0.3 is 0 Å². The fourth-order valence-corrected chi connectivity index (χ4v) is 6.23. The number of anilines is 3. The molecule has 0 N–H and O–H groups in total. The molecule has 1 nitrogen and oxygen atoms in total. The fraction of sp³-hybridized carbons (Fsp3) is 0.0769. The molecule has 0 aliphatic heterocycles. The highest BCUT2D eigenvalue weighted by Crippen LogP contribution is 2.53. The van der Waals surface area contributed by atoms with Gasteiger partial charge in [0.2, 0.25) is 0 Å². The maximum Gasteiger partial charge on any atom is 0.0465 e. The molecule has 0 aromatic heterocycles. The molecule has 0 heterocycles. The van der Waals surface area contributed by atoms with Gasteiger partial charge in [-0.3, -0.25) is 0 Å². The lowest BCUT2D eigenvalue weighted by Gasteiger charge is -2.28. The number of rotatable bonds is 5. The second kappa shape index (κ2) is 9.70. The Balaban J connectivity index is 1.35. The molecule has 0 spiro atoms. The summed E-state index contributed by atoms with van der Waals surface area (Å²) in [6, 6.07) is 54.7. The highest BCUT2D eigenvalue weighted by molar-refractivity contribution is 5.94. The van der Waals surface area contributed by atoms with Gasteiger partial charge in [-0.1, -0.05) is 129 Å². The summed E-state index contributed by atoms with van der Waals surface area (Å²) < 4.78 is 0. The Labute approximate surface area is 237 Å². The van der Waals surface area contributed by atoms with Gasteiger partial charge in [0.15, 0.2) is 0 Å². The zero-order valence-corrected chi connectivity index (χ0v) is 22.9. The van der Waals surface area contributed by atoms with Crippen molar-refractivity contribution in [1.29, 1.82) is 0 Å². The monoisotopic (exact) mass is 513 g/mol. The van der Waals surface area contributed by atoms with Crippen LogP contribution in [0.4, 0.5) is 17.1 Å². The summed E-state index contributed by atoms with van der Waals surface area (Å²) in [5.41, 5.74) is 13.8. The van der Waals surface area contributed by atoms with Crippen LogP contribution in [0.25, 0.3) is 33.4 Å². The predicted molar refractivity (Wildman–Crippen MR) is 170 cm³/mol. The number of para-hydroxylation sites is 2. The smallest absolute Gasteiger partial charge is 0.0465 e. The molecule has 1 aliphatic rings. The first-order chi connectivity index (χ1) is 19.6. The van der Waals surface area contributed by atoms with Crippen molar-refractivity contribution in [1.82, 2.24) is 0 Å². The first-order valence-electron chi connectivity index (χ1n) is 14.0. The third-order valence-corrected chi connectivity index (χ3v) is 8.27. The van der Waals surface area contributed by atoms with Crippen molar-refractivity contribution in [2.75, 3.05) is 4.90 Å². The van der Waals surface area contributed by atoms with Crippen LogP contribution in [-0.2, 0) is 5.41 Å². The van der Waals surface area contributed by atoms with Crippen LogP contribution in [0, 0.1) is 0 Å². The number of nitrogens with zero attached hydrogens (tertiary/aromatic N) is 1. The molecule has 40 heavy (non-hydrogen) atoms. The van der Waals surface area contributed by atoms with Crippen molar-refractivity contribution < 1.29 is 0 Å². The lowest BCUT2D eigenvalue weighted by Crippen LogP contribution is -2.16. The van der Waals surface area contributed by atoms with E-state index in [1.165, 1.54) is 50.2 Å². The molecule has 7 rings (SSSR count). The third-order valence-electron chi connectivity index (χ3n) is 8.27. The van der Waals surface area contributed by atoms with E-state index in [9.17, 15) is 0 Å². The summed E-state index contributed by atoms with van der Waals surface area (Å²) in [5, 5.41) is 0. The van der Waals surface area contributed by atoms with E-state index in [-0.39, 0.29) is 5.41 Å². The van der Waals surface area contributed by atoms with E-state index >= 15 is 0 Å². The Kier molecular flexibility index (Phi) is 5.86. The molecule has 0 atom stereocenters. The van der Waals surface area contributed by atoms with E-state index in [1.807, 2.05) is 0 Å². The Morgan fingerprint density at radius 3 is 1.57 bits per heavy atom. The largest absolute Gasteiger partial charge is 0.310 e. The van der Waals surface area contributed by atoms with Gasteiger partial charge in [0, 0.05) is 22.5 Å². The maximum atomic E-state index is 2.40. The van der Waals surface area contributed by atoms with Gasteiger partial charge < -0.3 is 4.90 Å². The zero-order valence-electron chi connectivity index (χ0n) is 22.9. The minimum absolute atomic E-state index is 0.111. The normalized spacial score (nSPS) is 12.9. The minimum atomic E-state index is -0.111. The van der Waals surface area contributed by atoms with Crippen LogP contribution in [0.5, 0.6) is 0 Å². The number of hydrogen-bond donors (Lipinski definition) is 0. The Hall–Kier alpha value is -4.88. The van der Waals surface area contributed by atoms with Gasteiger partial charge in [-0.05, 0) is 80.9 Å². The summed E-state index contributed by atoms with van der Waals surface area (Å²) in [6.45, 7) is 4.72. The van der Waals surface area contributed by atoms with Gasteiger partial charge in [-0.15, -0.1) is 0 Å². The average Bonchev–Trinajstić information content (AvgIpc) is 3.25. The molecule has 0 saturated heterocycles. The lowest BCUT2D eigenvalue weighted by atomic mass is 9.81. The van der Waals surface area contributed by atoms with Gasteiger partial charge in [0.25, 0.3) is 0 Å². The third kappa shape index (κ3) is 4.03. The second-order valence-corrected chi connectivity index (χ2v) is 11.0. The van der Waals surface area contributed by atoms with Crippen LogP contribution in [-0.4, -0.2) is 0 Å². The summed E-state index contributed by atoms with van der Waals surface area (Å²) in [6.07, 6.45) is 0. The molecule has 1 aliphatic carbocycles. The molecular weight excluding hydrogens is 482 g/mol. The van der Waals surface area contributed by atoms with E-state index in [0.717, 1.165) is 11.4 Å². The van der Waals surface area contributed by atoms with E-state index in [1.54, 1.807) is 0 Å². The zero-order chi connectivity index (χ0) is 27.1. The van der Waals surface area contributed by atoms with Crippen molar-refractivity contribution >= 4 is 17.1 Å². The lowest BCUT2D eigenvalue weighted by molar-refractivity contribution is 0.660. The minimum Gasteiger partial charge on any atom is -0.310 e. The van der Waals surface area contributed by atoms with Crippen molar-refractivity contribution in [2.45, 2.75) is 19.3 Å². The predicted octanol–water partition coefficient (Wildman–Crippen LogP) is 10.8. The van der Waals surface area contributed by atoms with Crippen molar-refractivity contribution in [2.24, 2.45) is 0 Å². The van der Waals surface area contributed by atoms with Crippen LogP contribution < -0.4 is 4.90 Å². The molecule has 0 unspecified atom stereocenters. The van der Waals surface area contributed by atoms with Gasteiger partial charge in [0.05, 0.1) is 0 Å². The highest BCUT2D eigenvalue weighted by atomic mass is 15.1. The van der Waals surface area contributed by atoms with Crippen molar-refractivity contribution in [3.63, 3.8) is 0 Å². The maximum absolute atomic E-state index is 2.40. The van der Waals surface area contributed by atoms with Gasteiger partial charge in [-0.2, -0.15) is 0 Å². The first kappa shape index (κ1) is 24.2. The fourth-order valence-electron chi connectivity index (χ4n) is 6.23. The molecule has 6 aromatic rings. The molecular formula is C39H31N. The molecule has 0 bridgehead atoms. The van der Waals surface area contributed by atoms with Gasteiger partial charge in [0.1, 0.15) is 0 Å². The molecule has 1 heteroatoms. The van der Waals surface area contributed by atoms with Crippen molar-refractivity contribution in [3.05, 3.63) is 163 Å². The quantitative estimate of drug-likeness (QED) is 0.222. The molecule has 0 radical (unpaired) electrons. The summed E-state index contributed by atoms with van der Waals surface area (Å²) in [4.78, 5) is 2.35. The molecule has 6 aromatic carbocycles. The Morgan fingerprint density at radius 2 is 0.950 bits per heavy atom.